The molecule has 4 rings (SSSR count). The van der Waals surface area contributed by atoms with Gasteiger partial charge < -0.3 is 0 Å². The van der Waals surface area contributed by atoms with Crippen molar-refractivity contribution in [2.75, 3.05) is 5.32 Å². The molecule has 0 aliphatic rings. The zero-order chi connectivity index (χ0) is 20.2. The van der Waals surface area contributed by atoms with Crippen molar-refractivity contribution in [1.82, 2.24) is 24.7 Å². The van der Waals surface area contributed by atoms with E-state index >= 15 is 0 Å². The first kappa shape index (κ1) is 18.5. The third-order valence-electron chi connectivity index (χ3n) is 4.75. The number of nitrogens with zero attached hydrogens (tertiary/aromatic N) is 4. The summed E-state index contributed by atoms with van der Waals surface area (Å²) in [4.78, 5) is 33.8. The van der Waals surface area contributed by atoms with Gasteiger partial charge in [-0.05, 0) is 31.0 Å². The van der Waals surface area contributed by atoms with Crippen LogP contribution in [0.15, 0.2) is 65.7 Å². The van der Waals surface area contributed by atoms with E-state index in [1.807, 2.05) is 24.3 Å². The van der Waals surface area contributed by atoms with Crippen molar-refractivity contribution < 1.29 is 4.79 Å². The molecule has 4 aromatic rings. The van der Waals surface area contributed by atoms with Crippen LogP contribution in [0.2, 0.25) is 0 Å². The molecule has 2 aromatic heterocycles. The number of aromatic amines is 1. The van der Waals surface area contributed by atoms with Crippen LogP contribution in [-0.4, -0.2) is 30.6 Å². The fraction of sp³-hybridized carbons (Fsp3) is 0.190. The van der Waals surface area contributed by atoms with Crippen LogP contribution in [0.25, 0.3) is 10.9 Å². The highest BCUT2D eigenvalue weighted by molar-refractivity contribution is 5.92. The summed E-state index contributed by atoms with van der Waals surface area (Å²) in [6, 6.07) is 16.3. The normalized spacial score (nSPS) is 12.0. The van der Waals surface area contributed by atoms with Crippen molar-refractivity contribution in [1.29, 1.82) is 0 Å². The molecular weight excluding hydrogens is 368 g/mol. The summed E-state index contributed by atoms with van der Waals surface area (Å²) >= 11 is 0. The number of H-pyrrole nitrogens is 1. The SMILES string of the molecule is C[C@H](C(=O)Nc1n[nH]c(CCc2ccccc2)n1)n1cnc2ccccc2c1=O. The third kappa shape index (κ3) is 4.06. The summed E-state index contributed by atoms with van der Waals surface area (Å²) in [5.41, 5.74) is 1.53. The summed E-state index contributed by atoms with van der Waals surface area (Å²) in [6.07, 6.45) is 2.88. The quantitative estimate of drug-likeness (QED) is 0.528. The maximum Gasteiger partial charge on any atom is 0.261 e. The molecule has 0 aliphatic heterocycles. The van der Waals surface area contributed by atoms with E-state index in [-0.39, 0.29) is 11.5 Å². The van der Waals surface area contributed by atoms with E-state index in [9.17, 15) is 9.59 Å². The largest absolute Gasteiger partial charge is 0.291 e. The molecule has 1 atom stereocenters. The Labute approximate surface area is 166 Å². The highest BCUT2D eigenvalue weighted by Crippen LogP contribution is 2.11. The van der Waals surface area contributed by atoms with Crippen LogP contribution in [0, 0.1) is 0 Å². The fourth-order valence-electron chi connectivity index (χ4n) is 3.07. The summed E-state index contributed by atoms with van der Waals surface area (Å²) < 4.78 is 1.31. The van der Waals surface area contributed by atoms with Crippen molar-refractivity contribution in [3.63, 3.8) is 0 Å². The maximum absolute atomic E-state index is 12.7. The lowest BCUT2D eigenvalue weighted by Gasteiger charge is -2.13. The molecule has 2 N–H and O–H groups in total. The summed E-state index contributed by atoms with van der Waals surface area (Å²) in [5, 5.41) is 10.0. The number of fused-ring (bicyclic) bond motifs is 1. The Morgan fingerprint density at radius 1 is 1.10 bits per heavy atom. The number of carbonyl (C=O) groups is 1. The standard InChI is InChI=1S/C21H20N6O2/c1-14(27-13-22-17-10-6-5-9-16(17)20(27)29)19(28)24-21-23-18(25-26-21)12-11-15-7-3-2-4-8-15/h2-10,13-14H,11-12H2,1H3,(H2,23,24,25,26,28)/t14-/m1/s1. The number of anilines is 1. The van der Waals surface area contributed by atoms with E-state index in [2.05, 4.69) is 37.6 Å². The first-order chi connectivity index (χ1) is 14.1. The van der Waals surface area contributed by atoms with Gasteiger partial charge in [-0.2, -0.15) is 4.98 Å². The Morgan fingerprint density at radius 2 is 1.86 bits per heavy atom. The number of para-hydroxylation sites is 1. The predicted molar refractivity (Wildman–Crippen MR) is 110 cm³/mol. The van der Waals surface area contributed by atoms with Gasteiger partial charge in [-0.1, -0.05) is 42.5 Å². The molecule has 8 heteroatoms. The number of nitrogens with one attached hydrogen (secondary N) is 2. The van der Waals surface area contributed by atoms with E-state index in [0.717, 1.165) is 6.42 Å². The fourth-order valence-corrected chi connectivity index (χ4v) is 3.07. The molecule has 8 nitrogen and oxygen atoms in total. The lowest BCUT2D eigenvalue weighted by Crippen LogP contribution is -2.32. The smallest absolute Gasteiger partial charge is 0.261 e. The van der Waals surface area contributed by atoms with Crippen molar-refractivity contribution in [3.05, 3.63) is 82.7 Å². The van der Waals surface area contributed by atoms with Gasteiger partial charge in [0, 0.05) is 6.42 Å². The second-order valence-electron chi connectivity index (χ2n) is 6.73. The Balaban J connectivity index is 1.44. The van der Waals surface area contributed by atoms with E-state index in [4.69, 9.17) is 0 Å². The molecule has 1 amide bonds. The van der Waals surface area contributed by atoms with Gasteiger partial charge in [0.15, 0.2) is 0 Å². The molecule has 0 aliphatic carbocycles. The second-order valence-corrected chi connectivity index (χ2v) is 6.73. The highest BCUT2D eigenvalue weighted by Gasteiger charge is 2.19. The van der Waals surface area contributed by atoms with Crippen molar-refractivity contribution >= 4 is 22.8 Å². The zero-order valence-electron chi connectivity index (χ0n) is 15.9. The number of amides is 1. The molecule has 0 radical (unpaired) electrons. The minimum atomic E-state index is -0.758. The Hall–Kier alpha value is -3.81. The van der Waals surface area contributed by atoms with Crippen LogP contribution in [-0.2, 0) is 17.6 Å². The first-order valence-electron chi connectivity index (χ1n) is 9.34. The number of hydrogen-bond donors (Lipinski definition) is 2. The van der Waals surface area contributed by atoms with Crippen LogP contribution < -0.4 is 10.9 Å². The molecule has 2 heterocycles. The monoisotopic (exact) mass is 388 g/mol. The number of aryl methyl sites for hydroxylation is 2. The average Bonchev–Trinajstić information content (AvgIpc) is 3.20. The molecule has 0 spiro atoms. The summed E-state index contributed by atoms with van der Waals surface area (Å²) in [6.45, 7) is 1.64. The van der Waals surface area contributed by atoms with Crippen molar-refractivity contribution in [3.8, 4) is 0 Å². The maximum atomic E-state index is 12.7. The lowest BCUT2D eigenvalue weighted by atomic mass is 10.1. The molecule has 0 fully saturated rings. The Bertz CT molecular complexity index is 1200. The van der Waals surface area contributed by atoms with Crippen molar-refractivity contribution in [2.24, 2.45) is 0 Å². The molecule has 29 heavy (non-hydrogen) atoms. The number of aromatic nitrogens is 5. The second kappa shape index (κ2) is 8.05. The molecule has 0 bridgehead atoms. The van der Waals surface area contributed by atoms with E-state index in [1.165, 1.54) is 16.5 Å². The van der Waals surface area contributed by atoms with Gasteiger partial charge in [0.1, 0.15) is 11.9 Å². The summed E-state index contributed by atoms with van der Waals surface area (Å²) in [5.74, 6) is 0.478. The van der Waals surface area contributed by atoms with Gasteiger partial charge in [-0.15, -0.1) is 5.10 Å². The average molecular weight is 388 g/mol. The molecular formula is C21H20N6O2. The molecule has 0 unspecified atom stereocenters. The van der Waals surface area contributed by atoms with Gasteiger partial charge >= 0.3 is 0 Å². The Morgan fingerprint density at radius 3 is 2.69 bits per heavy atom. The van der Waals surface area contributed by atoms with Gasteiger partial charge in [0.05, 0.1) is 17.2 Å². The van der Waals surface area contributed by atoms with Crippen LogP contribution >= 0.6 is 0 Å². The van der Waals surface area contributed by atoms with Crippen LogP contribution in [0.3, 0.4) is 0 Å². The molecule has 0 saturated carbocycles. The van der Waals surface area contributed by atoms with E-state index in [1.54, 1.807) is 25.1 Å². The first-order valence-corrected chi connectivity index (χ1v) is 9.34. The third-order valence-corrected chi connectivity index (χ3v) is 4.75. The van der Waals surface area contributed by atoms with Crippen molar-refractivity contribution in [2.45, 2.75) is 25.8 Å². The van der Waals surface area contributed by atoms with Crippen LogP contribution in [0.1, 0.15) is 24.4 Å². The van der Waals surface area contributed by atoms with Gasteiger partial charge in [0.2, 0.25) is 11.9 Å². The van der Waals surface area contributed by atoms with Gasteiger partial charge in [0.25, 0.3) is 5.56 Å². The summed E-state index contributed by atoms with van der Waals surface area (Å²) in [7, 11) is 0. The number of benzene rings is 2. The van der Waals surface area contributed by atoms with Crippen LogP contribution in [0.5, 0.6) is 0 Å². The lowest BCUT2D eigenvalue weighted by molar-refractivity contribution is -0.118. The number of rotatable bonds is 6. The predicted octanol–water partition coefficient (Wildman–Crippen LogP) is 2.50. The van der Waals surface area contributed by atoms with E-state index in [0.29, 0.717) is 23.1 Å². The molecule has 146 valence electrons. The van der Waals surface area contributed by atoms with Gasteiger partial charge in [-0.25, -0.2) is 4.98 Å². The van der Waals surface area contributed by atoms with E-state index < -0.39 is 11.9 Å². The molecule has 0 saturated heterocycles. The Kier molecular flexibility index (Phi) is 5.15. The minimum absolute atomic E-state index is 0.187. The minimum Gasteiger partial charge on any atom is -0.291 e. The topological polar surface area (TPSA) is 106 Å². The molecule has 2 aromatic carbocycles. The number of hydrogen-bond acceptors (Lipinski definition) is 5. The number of carbonyl (C=O) groups excluding carboxylic acids is 1. The van der Waals surface area contributed by atoms with Crippen LogP contribution in [0.4, 0.5) is 5.95 Å². The zero-order valence-corrected chi connectivity index (χ0v) is 15.9. The van der Waals surface area contributed by atoms with Gasteiger partial charge in [-0.3, -0.25) is 24.6 Å². The highest BCUT2D eigenvalue weighted by atomic mass is 16.2.